The third-order valence-corrected chi connectivity index (χ3v) is 3.95. The molecule has 0 fully saturated rings. The number of halogens is 3. The second kappa shape index (κ2) is 7.03. The Morgan fingerprint density at radius 2 is 1.69 bits per heavy atom. The number of hydrogen-bond donors (Lipinski definition) is 0. The Morgan fingerprint density at radius 1 is 1.04 bits per heavy atom. The second-order valence-corrected chi connectivity index (χ2v) is 5.73. The minimum Gasteiger partial charge on any atom is -0.313 e. The van der Waals surface area contributed by atoms with Crippen molar-refractivity contribution in [1.29, 1.82) is 0 Å². The van der Waals surface area contributed by atoms with E-state index in [2.05, 4.69) is 5.10 Å². The zero-order chi connectivity index (χ0) is 18.7. The molecule has 3 rings (SSSR count). The summed E-state index contributed by atoms with van der Waals surface area (Å²) in [5, 5.41) is 3.42. The molecule has 0 atom stereocenters. The van der Waals surface area contributed by atoms with Gasteiger partial charge in [0.05, 0.1) is 5.69 Å². The number of nitrogens with zero attached hydrogens (tertiary/aromatic N) is 3. The van der Waals surface area contributed by atoms with Crippen molar-refractivity contribution in [2.45, 2.75) is 12.7 Å². The molecule has 0 aliphatic heterocycles. The van der Waals surface area contributed by atoms with Gasteiger partial charge in [0, 0.05) is 18.8 Å². The smallest absolute Gasteiger partial charge is 0.313 e. The Morgan fingerprint density at radius 3 is 2.35 bits per heavy atom. The molecule has 0 N–H and O–H groups in total. The van der Waals surface area contributed by atoms with E-state index < -0.39 is 11.9 Å². The lowest BCUT2D eigenvalue weighted by Gasteiger charge is -2.21. The van der Waals surface area contributed by atoms with Crippen molar-refractivity contribution < 1.29 is 18.0 Å². The quantitative estimate of drug-likeness (QED) is 0.699. The number of benzene rings is 2. The summed E-state index contributed by atoms with van der Waals surface area (Å²) in [6.07, 6.45) is -3.38. The number of aromatic nitrogens is 2. The molecule has 0 saturated heterocycles. The molecule has 134 valence electrons. The fourth-order valence-corrected chi connectivity index (χ4v) is 2.61. The van der Waals surface area contributed by atoms with Gasteiger partial charge < -0.3 is 4.90 Å². The van der Waals surface area contributed by atoms with Crippen molar-refractivity contribution >= 4 is 11.6 Å². The van der Waals surface area contributed by atoms with Crippen LogP contribution in [0.1, 0.15) is 5.69 Å². The van der Waals surface area contributed by atoms with Crippen molar-refractivity contribution in [2.75, 3.05) is 11.9 Å². The minimum absolute atomic E-state index is 0.282. The molecule has 3 aromatic rings. The number of hydrogen-bond acceptors (Lipinski definition) is 2. The van der Waals surface area contributed by atoms with Gasteiger partial charge in [0.2, 0.25) is 5.91 Å². The van der Waals surface area contributed by atoms with Gasteiger partial charge in [-0.1, -0.05) is 48.5 Å². The Bertz CT molecular complexity index is 904. The maximum Gasteiger partial charge on any atom is 0.435 e. The lowest BCUT2D eigenvalue weighted by Crippen LogP contribution is -2.30. The van der Waals surface area contributed by atoms with Crippen LogP contribution in [0.25, 0.3) is 11.1 Å². The number of anilines is 1. The van der Waals surface area contributed by atoms with Crippen molar-refractivity contribution in [3.8, 4) is 11.1 Å². The van der Waals surface area contributed by atoms with E-state index in [-0.39, 0.29) is 12.5 Å². The first-order valence-electron chi connectivity index (χ1n) is 7.88. The highest BCUT2D eigenvalue weighted by Crippen LogP contribution is 2.30. The van der Waals surface area contributed by atoms with Crippen LogP contribution in [-0.2, 0) is 17.5 Å². The van der Waals surface area contributed by atoms with Gasteiger partial charge in [-0.3, -0.25) is 9.48 Å². The van der Waals surface area contributed by atoms with E-state index in [0.29, 0.717) is 5.69 Å². The molecule has 1 heterocycles. The van der Waals surface area contributed by atoms with Crippen LogP contribution in [0.2, 0.25) is 0 Å². The van der Waals surface area contributed by atoms with Gasteiger partial charge in [0.15, 0.2) is 5.69 Å². The SMILES string of the molecule is CN(C(=O)Cn1ccc(C(F)(F)F)n1)c1ccccc1-c1ccccc1. The first-order chi connectivity index (χ1) is 12.4. The molecule has 1 amide bonds. The first kappa shape index (κ1) is 17.7. The highest BCUT2D eigenvalue weighted by molar-refractivity contribution is 5.97. The van der Waals surface area contributed by atoms with Crippen LogP contribution >= 0.6 is 0 Å². The summed E-state index contributed by atoms with van der Waals surface area (Å²) in [4.78, 5) is 14.0. The fraction of sp³-hybridized carbons (Fsp3) is 0.158. The van der Waals surface area contributed by atoms with Crippen LogP contribution < -0.4 is 4.90 Å². The number of amides is 1. The van der Waals surface area contributed by atoms with Crippen LogP contribution in [0, 0.1) is 0 Å². The van der Waals surface area contributed by atoms with Crippen molar-refractivity contribution in [3.63, 3.8) is 0 Å². The minimum atomic E-state index is -4.53. The van der Waals surface area contributed by atoms with E-state index in [4.69, 9.17) is 0 Å². The third-order valence-electron chi connectivity index (χ3n) is 3.95. The molecule has 0 saturated carbocycles. The molecule has 2 aromatic carbocycles. The number of carbonyl (C=O) groups excluding carboxylic acids is 1. The van der Waals surface area contributed by atoms with Crippen LogP contribution in [0.3, 0.4) is 0 Å². The average Bonchev–Trinajstić information content (AvgIpc) is 3.11. The molecule has 0 radical (unpaired) electrons. The van der Waals surface area contributed by atoms with E-state index >= 15 is 0 Å². The molecule has 4 nitrogen and oxygen atoms in total. The van der Waals surface area contributed by atoms with Crippen molar-refractivity contribution in [2.24, 2.45) is 0 Å². The summed E-state index contributed by atoms with van der Waals surface area (Å²) in [7, 11) is 1.60. The second-order valence-electron chi connectivity index (χ2n) is 5.73. The molecule has 1 aromatic heterocycles. The summed E-state index contributed by atoms with van der Waals surface area (Å²) >= 11 is 0. The van der Waals surface area contributed by atoms with Gasteiger partial charge in [0.1, 0.15) is 6.54 Å². The summed E-state index contributed by atoms with van der Waals surface area (Å²) in [5.74, 6) is -0.370. The lowest BCUT2D eigenvalue weighted by molar-refractivity contribution is -0.141. The molecule has 0 aliphatic rings. The van der Waals surface area contributed by atoms with Gasteiger partial charge in [-0.05, 0) is 17.7 Å². The molecule has 7 heteroatoms. The normalized spacial score (nSPS) is 11.4. The number of alkyl halides is 3. The topological polar surface area (TPSA) is 38.1 Å². The lowest BCUT2D eigenvalue weighted by atomic mass is 10.0. The molecule has 0 spiro atoms. The third kappa shape index (κ3) is 3.77. The highest BCUT2D eigenvalue weighted by Gasteiger charge is 2.33. The monoisotopic (exact) mass is 359 g/mol. The van der Waals surface area contributed by atoms with Gasteiger partial charge in [0.25, 0.3) is 0 Å². The van der Waals surface area contributed by atoms with Crippen LogP contribution in [0.5, 0.6) is 0 Å². The molecule has 0 bridgehead atoms. The summed E-state index contributed by atoms with van der Waals surface area (Å²) in [5.41, 5.74) is 1.46. The Balaban J connectivity index is 1.83. The largest absolute Gasteiger partial charge is 0.435 e. The first-order valence-corrected chi connectivity index (χ1v) is 7.88. The summed E-state index contributed by atoms with van der Waals surface area (Å²) in [6, 6.07) is 17.8. The Kier molecular flexibility index (Phi) is 4.79. The number of likely N-dealkylation sites (N-methyl/N-ethyl adjacent to an activating group) is 1. The summed E-state index contributed by atoms with van der Waals surface area (Å²) in [6.45, 7) is -0.282. The van der Waals surface area contributed by atoms with Gasteiger partial charge in [-0.25, -0.2) is 0 Å². The molecule has 0 aliphatic carbocycles. The van der Waals surface area contributed by atoms with Gasteiger partial charge in [-0.15, -0.1) is 0 Å². The standard InChI is InChI=1S/C19H16F3N3O/c1-24(18(26)13-25-12-11-17(23-25)19(20,21)22)16-10-6-5-9-15(16)14-7-3-2-4-8-14/h2-12H,13H2,1H3. The van der Waals surface area contributed by atoms with Crippen molar-refractivity contribution in [3.05, 3.63) is 72.6 Å². The van der Waals surface area contributed by atoms with Crippen LogP contribution in [0.4, 0.5) is 18.9 Å². The number of para-hydroxylation sites is 1. The zero-order valence-electron chi connectivity index (χ0n) is 13.9. The highest BCUT2D eigenvalue weighted by atomic mass is 19.4. The van der Waals surface area contributed by atoms with E-state index in [1.807, 2.05) is 42.5 Å². The average molecular weight is 359 g/mol. The Labute approximate surface area is 148 Å². The fourth-order valence-electron chi connectivity index (χ4n) is 2.61. The Hall–Kier alpha value is -3.09. The summed E-state index contributed by atoms with van der Waals surface area (Å²) < 4.78 is 38.9. The van der Waals surface area contributed by atoms with E-state index in [0.717, 1.165) is 28.1 Å². The van der Waals surface area contributed by atoms with E-state index in [1.54, 1.807) is 19.2 Å². The molecule has 0 unspecified atom stereocenters. The molecular formula is C19H16F3N3O. The van der Waals surface area contributed by atoms with Gasteiger partial charge >= 0.3 is 6.18 Å². The van der Waals surface area contributed by atoms with Crippen LogP contribution in [0.15, 0.2) is 66.9 Å². The predicted octanol–water partition coefficient (Wildman–Crippen LogP) is 4.23. The van der Waals surface area contributed by atoms with Gasteiger partial charge in [-0.2, -0.15) is 18.3 Å². The van der Waals surface area contributed by atoms with Crippen molar-refractivity contribution in [1.82, 2.24) is 9.78 Å². The zero-order valence-corrected chi connectivity index (χ0v) is 13.9. The van der Waals surface area contributed by atoms with E-state index in [1.165, 1.54) is 4.90 Å². The number of carbonyl (C=O) groups is 1. The van der Waals surface area contributed by atoms with Crippen LogP contribution in [-0.4, -0.2) is 22.7 Å². The predicted molar refractivity (Wildman–Crippen MR) is 92.5 cm³/mol. The molecular weight excluding hydrogens is 343 g/mol. The number of rotatable bonds is 4. The maximum atomic E-state index is 12.6. The maximum absolute atomic E-state index is 12.6. The van der Waals surface area contributed by atoms with E-state index in [9.17, 15) is 18.0 Å². The molecule has 26 heavy (non-hydrogen) atoms.